The number of anilines is 2. The number of likely N-dealkylation sites (N-methyl/N-ethyl adjacent to an activating group) is 1. The van der Waals surface area contributed by atoms with E-state index in [1.165, 1.54) is 0 Å². The Morgan fingerprint density at radius 1 is 1.00 bits per heavy atom. The number of carbonyl (C=O) groups is 1. The van der Waals surface area contributed by atoms with Crippen LogP contribution in [0.3, 0.4) is 0 Å². The highest BCUT2D eigenvalue weighted by Gasteiger charge is 2.08. The van der Waals surface area contributed by atoms with Gasteiger partial charge >= 0.3 is 0 Å². The molecule has 0 amide bonds. The molecular weight excluding hydrogens is 392 g/mol. The number of benzene rings is 2. The van der Waals surface area contributed by atoms with Gasteiger partial charge in [0.05, 0.1) is 12.7 Å². The lowest BCUT2D eigenvalue weighted by molar-refractivity contribution is 0.111. The van der Waals surface area contributed by atoms with Crippen LogP contribution in [-0.4, -0.2) is 54.5 Å². The molecule has 0 bridgehead atoms. The molecule has 7 heteroatoms. The molecule has 7 nitrogen and oxygen atoms in total. The van der Waals surface area contributed by atoms with Crippen molar-refractivity contribution >= 4 is 17.9 Å². The highest BCUT2D eigenvalue weighted by Crippen LogP contribution is 2.25. The highest BCUT2D eigenvalue weighted by molar-refractivity contribution is 5.82. The number of aldehydes is 1. The van der Waals surface area contributed by atoms with Crippen LogP contribution < -0.4 is 14.8 Å². The average Bonchev–Trinajstić information content (AvgIpc) is 2.83. The third-order valence-corrected chi connectivity index (χ3v) is 5.03. The minimum Gasteiger partial charge on any atom is -0.497 e. The Labute approximate surface area is 183 Å². The van der Waals surface area contributed by atoms with Crippen molar-refractivity contribution in [2.24, 2.45) is 0 Å². The van der Waals surface area contributed by atoms with Gasteiger partial charge in [-0.1, -0.05) is 26.0 Å². The second-order valence-corrected chi connectivity index (χ2v) is 6.89. The minimum absolute atomic E-state index is 0.448. The van der Waals surface area contributed by atoms with E-state index in [1.54, 1.807) is 31.6 Å². The lowest BCUT2D eigenvalue weighted by Gasteiger charge is -2.18. The van der Waals surface area contributed by atoms with Gasteiger partial charge in [-0.3, -0.25) is 4.79 Å². The first kappa shape index (κ1) is 22.2. The molecule has 0 radical (unpaired) electrons. The lowest BCUT2D eigenvalue weighted by Crippen LogP contribution is -2.28. The van der Waals surface area contributed by atoms with Gasteiger partial charge in [0.25, 0.3) is 0 Å². The summed E-state index contributed by atoms with van der Waals surface area (Å²) >= 11 is 0. The molecule has 31 heavy (non-hydrogen) atoms. The molecule has 0 saturated carbocycles. The number of carbonyl (C=O) groups excluding carboxylic acids is 1. The van der Waals surface area contributed by atoms with Gasteiger partial charge in [-0.05, 0) is 49.0 Å². The van der Waals surface area contributed by atoms with Crippen molar-refractivity contribution < 1.29 is 14.3 Å². The Hall–Kier alpha value is -3.45. The van der Waals surface area contributed by atoms with Crippen LogP contribution in [-0.2, 0) is 0 Å². The number of rotatable bonds is 11. The zero-order chi connectivity index (χ0) is 22.1. The summed E-state index contributed by atoms with van der Waals surface area (Å²) in [7, 11) is 1.64. The summed E-state index contributed by atoms with van der Waals surface area (Å²) in [6, 6.07) is 13.1. The van der Waals surface area contributed by atoms with E-state index in [4.69, 9.17) is 9.47 Å². The number of nitrogens with zero attached hydrogens (tertiary/aromatic N) is 3. The van der Waals surface area contributed by atoms with E-state index < -0.39 is 0 Å². The monoisotopic (exact) mass is 420 g/mol. The fourth-order valence-corrected chi connectivity index (χ4v) is 3.13. The minimum atomic E-state index is 0.448. The van der Waals surface area contributed by atoms with Crippen LogP contribution in [0.5, 0.6) is 11.5 Å². The van der Waals surface area contributed by atoms with E-state index in [0.717, 1.165) is 48.5 Å². The molecule has 3 rings (SSSR count). The molecule has 1 N–H and O–H groups in total. The Balaban J connectivity index is 1.64. The van der Waals surface area contributed by atoms with Crippen LogP contribution in [0.4, 0.5) is 11.6 Å². The van der Waals surface area contributed by atoms with E-state index in [0.29, 0.717) is 23.9 Å². The number of nitrogens with one attached hydrogen (secondary N) is 1. The van der Waals surface area contributed by atoms with Crippen molar-refractivity contribution in [1.82, 2.24) is 14.9 Å². The molecule has 0 spiro atoms. The van der Waals surface area contributed by atoms with Crippen molar-refractivity contribution in [3.63, 3.8) is 0 Å². The summed E-state index contributed by atoms with van der Waals surface area (Å²) < 4.78 is 11.0. The lowest BCUT2D eigenvalue weighted by atomic mass is 10.1. The van der Waals surface area contributed by atoms with Gasteiger partial charge in [-0.2, -0.15) is 0 Å². The van der Waals surface area contributed by atoms with Gasteiger partial charge in [-0.15, -0.1) is 0 Å². The average molecular weight is 421 g/mol. The maximum Gasteiger partial charge on any atom is 0.227 e. The Morgan fingerprint density at radius 3 is 2.32 bits per heavy atom. The molecule has 0 atom stereocenters. The van der Waals surface area contributed by atoms with E-state index >= 15 is 0 Å². The van der Waals surface area contributed by atoms with E-state index in [2.05, 4.69) is 34.0 Å². The van der Waals surface area contributed by atoms with Crippen LogP contribution in [0.1, 0.15) is 24.2 Å². The summed E-state index contributed by atoms with van der Waals surface area (Å²) in [4.78, 5) is 22.6. The van der Waals surface area contributed by atoms with Gasteiger partial charge in [0.2, 0.25) is 5.95 Å². The molecule has 0 fully saturated rings. The highest BCUT2D eigenvalue weighted by atomic mass is 16.5. The van der Waals surface area contributed by atoms with Crippen molar-refractivity contribution in [3.8, 4) is 22.6 Å². The van der Waals surface area contributed by atoms with Crippen molar-refractivity contribution in [2.45, 2.75) is 13.8 Å². The predicted molar refractivity (Wildman–Crippen MR) is 122 cm³/mol. The summed E-state index contributed by atoms with van der Waals surface area (Å²) in [5.74, 6) is 1.82. The van der Waals surface area contributed by atoms with Crippen LogP contribution in [0.25, 0.3) is 11.1 Å². The number of hydrogen-bond donors (Lipinski definition) is 1. The van der Waals surface area contributed by atoms with Crippen molar-refractivity contribution in [1.29, 1.82) is 0 Å². The first-order valence-electron chi connectivity index (χ1n) is 10.3. The quantitative estimate of drug-likeness (QED) is 0.460. The summed E-state index contributed by atoms with van der Waals surface area (Å²) in [5, 5.41) is 3.13. The number of ether oxygens (including phenoxy) is 2. The number of aromatic nitrogens is 2. The smallest absolute Gasteiger partial charge is 0.227 e. The van der Waals surface area contributed by atoms with Crippen LogP contribution >= 0.6 is 0 Å². The summed E-state index contributed by atoms with van der Waals surface area (Å²) in [5.41, 5.74) is 3.11. The first-order valence-corrected chi connectivity index (χ1v) is 10.3. The molecule has 0 aliphatic heterocycles. The predicted octanol–water partition coefficient (Wildman–Crippen LogP) is 4.43. The Bertz CT molecular complexity index is 971. The third kappa shape index (κ3) is 6.02. The largest absolute Gasteiger partial charge is 0.497 e. The van der Waals surface area contributed by atoms with Crippen molar-refractivity contribution in [2.75, 3.05) is 38.7 Å². The molecule has 3 aromatic rings. The Morgan fingerprint density at radius 2 is 1.71 bits per heavy atom. The SMILES string of the molecule is CCN(CC)CCOc1ccc(Nc2ncc(-c3ccc(OC)cc3)cn2)cc1C=O. The Kier molecular flexibility index (Phi) is 7.95. The molecule has 0 saturated heterocycles. The number of methoxy groups -OCH3 is 1. The van der Waals surface area contributed by atoms with Gasteiger partial charge in [-0.25, -0.2) is 9.97 Å². The zero-order valence-electron chi connectivity index (χ0n) is 18.2. The maximum absolute atomic E-state index is 11.5. The molecule has 162 valence electrons. The van der Waals surface area contributed by atoms with E-state index in [1.807, 2.05) is 30.3 Å². The summed E-state index contributed by atoms with van der Waals surface area (Å²) in [6.45, 7) is 7.53. The van der Waals surface area contributed by atoms with Gasteiger partial charge in [0.1, 0.15) is 18.1 Å². The molecule has 2 aromatic carbocycles. The first-order chi connectivity index (χ1) is 15.2. The van der Waals surface area contributed by atoms with Gasteiger partial charge in [0.15, 0.2) is 6.29 Å². The van der Waals surface area contributed by atoms with Crippen LogP contribution in [0.15, 0.2) is 54.9 Å². The van der Waals surface area contributed by atoms with Gasteiger partial charge in [0, 0.05) is 30.2 Å². The second kappa shape index (κ2) is 11.1. The fraction of sp³-hybridized carbons (Fsp3) is 0.292. The molecular formula is C24H28N4O3. The molecule has 1 heterocycles. The molecule has 0 unspecified atom stereocenters. The summed E-state index contributed by atoms with van der Waals surface area (Å²) in [6.07, 6.45) is 4.30. The topological polar surface area (TPSA) is 76.6 Å². The zero-order valence-corrected chi connectivity index (χ0v) is 18.2. The maximum atomic E-state index is 11.5. The molecule has 0 aliphatic carbocycles. The number of hydrogen-bond acceptors (Lipinski definition) is 7. The van der Waals surface area contributed by atoms with E-state index in [-0.39, 0.29) is 0 Å². The fourth-order valence-electron chi connectivity index (χ4n) is 3.13. The third-order valence-electron chi connectivity index (χ3n) is 5.03. The standard InChI is InChI=1S/C24H28N4O3/c1-4-28(5-2)12-13-31-23-11-8-21(14-19(23)17-29)27-24-25-15-20(16-26-24)18-6-9-22(30-3)10-7-18/h6-11,14-17H,4-5,12-13H2,1-3H3,(H,25,26,27). The van der Waals surface area contributed by atoms with Crippen LogP contribution in [0.2, 0.25) is 0 Å². The molecule has 1 aromatic heterocycles. The van der Waals surface area contributed by atoms with E-state index in [9.17, 15) is 4.79 Å². The second-order valence-electron chi connectivity index (χ2n) is 6.89. The van der Waals surface area contributed by atoms with Crippen LogP contribution in [0, 0.1) is 0 Å². The van der Waals surface area contributed by atoms with Crippen molar-refractivity contribution in [3.05, 3.63) is 60.4 Å². The van der Waals surface area contributed by atoms with Gasteiger partial charge < -0.3 is 19.7 Å². The molecule has 0 aliphatic rings. The normalized spacial score (nSPS) is 10.7.